The number of rotatable bonds is 5. The minimum absolute atomic E-state index is 0.501. The summed E-state index contributed by atoms with van der Waals surface area (Å²) < 4.78 is 1.10. The number of imidazole rings is 1. The number of H-pyrrole nitrogens is 1. The molecule has 18 heavy (non-hydrogen) atoms. The van der Waals surface area contributed by atoms with E-state index in [1.54, 1.807) is 18.0 Å². The maximum absolute atomic E-state index is 4.21. The van der Waals surface area contributed by atoms with Crippen molar-refractivity contribution < 1.29 is 0 Å². The van der Waals surface area contributed by atoms with Crippen molar-refractivity contribution in [2.75, 3.05) is 0 Å². The van der Waals surface area contributed by atoms with Crippen LogP contribution >= 0.6 is 27.7 Å². The smallest absolute Gasteiger partial charge is 0.170 e. The SMILES string of the molecule is CC(C)NCc1ccc(Sc2ncc[nH]2)c(Br)c1. The quantitative estimate of drug-likeness (QED) is 0.877. The third-order valence-electron chi connectivity index (χ3n) is 2.39. The summed E-state index contributed by atoms with van der Waals surface area (Å²) in [7, 11) is 0. The van der Waals surface area contributed by atoms with Crippen LogP contribution in [-0.4, -0.2) is 16.0 Å². The average molecular weight is 326 g/mol. The summed E-state index contributed by atoms with van der Waals surface area (Å²) in [4.78, 5) is 8.46. The van der Waals surface area contributed by atoms with E-state index in [4.69, 9.17) is 0 Å². The van der Waals surface area contributed by atoms with Gasteiger partial charge in [0.2, 0.25) is 0 Å². The van der Waals surface area contributed by atoms with Crippen molar-refractivity contribution in [1.82, 2.24) is 15.3 Å². The molecule has 0 saturated heterocycles. The zero-order chi connectivity index (χ0) is 13.0. The Balaban J connectivity index is 2.05. The first kappa shape index (κ1) is 13.6. The highest BCUT2D eigenvalue weighted by atomic mass is 79.9. The highest BCUT2D eigenvalue weighted by Gasteiger charge is 2.05. The van der Waals surface area contributed by atoms with E-state index in [0.717, 1.165) is 16.2 Å². The lowest BCUT2D eigenvalue weighted by Gasteiger charge is -2.09. The van der Waals surface area contributed by atoms with E-state index < -0.39 is 0 Å². The third kappa shape index (κ3) is 3.86. The van der Waals surface area contributed by atoms with Crippen molar-refractivity contribution in [2.24, 2.45) is 0 Å². The van der Waals surface area contributed by atoms with E-state index in [-0.39, 0.29) is 0 Å². The van der Waals surface area contributed by atoms with Crippen LogP contribution in [0.5, 0.6) is 0 Å². The number of aromatic amines is 1. The van der Waals surface area contributed by atoms with Gasteiger partial charge in [0.05, 0.1) is 0 Å². The number of nitrogens with one attached hydrogen (secondary N) is 2. The van der Waals surface area contributed by atoms with Crippen LogP contribution in [0.3, 0.4) is 0 Å². The summed E-state index contributed by atoms with van der Waals surface area (Å²) in [6.07, 6.45) is 3.59. The van der Waals surface area contributed by atoms with Gasteiger partial charge in [-0.1, -0.05) is 31.7 Å². The molecular formula is C13H16BrN3S. The molecule has 0 saturated carbocycles. The molecule has 96 valence electrons. The van der Waals surface area contributed by atoms with Gasteiger partial charge < -0.3 is 10.3 Å². The van der Waals surface area contributed by atoms with E-state index in [1.165, 1.54) is 10.5 Å². The van der Waals surface area contributed by atoms with Crippen LogP contribution in [0.15, 0.2) is 45.1 Å². The first-order valence-corrected chi connectivity index (χ1v) is 7.45. The van der Waals surface area contributed by atoms with E-state index in [2.05, 4.69) is 63.3 Å². The second-order valence-corrected chi connectivity index (χ2v) is 6.18. The van der Waals surface area contributed by atoms with Gasteiger partial charge in [0.25, 0.3) is 0 Å². The second-order valence-electron chi connectivity index (χ2n) is 4.30. The highest BCUT2D eigenvalue weighted by Crippen LogP contribution is 2.32. The molecule has 1 aromatic heterocycles. The van der Waals surface area contributed by atoms with Gasteiger partial charge in [0, 0.05) is 34.3 Å². The lowest BCUT2D eigenvalue weighted by Crippen LogP contribution is -2.21. The molecule has 0 radical (unpaired) electrons. The predicted molar refractivity (Wildman–Crippen MR) is 78.8 cm³/mol. The normalized spacial score (nSPS) is 11.1. The van der Waals surface area contributed by atoms with Crippen LogP contribution < -0.4 is 5.32 Å². The number of hydrogen-bond acceptors (Lipinski definition) is 3. The fourth-order valence-corrected chi connectivity index (χ4v) is 2.88. The Morgan fingerprint density at radius 1 is 1.44 bits per heavy atom. The highest BCUT2D eigenvalue weighted by molar-refractivity contribution is 9.10. The van der Waals surface area contributed by atoms with Crippen molar-refractivity contribution >= 4 is 27.7 Å². The Kier molecular flexibility index (Phi) is 4.86. The topological polar surface area (TPSA) is 40.7 Å². The molecule has 2 aromatic rings. The Morgan fingerprint density at radius 3 is 2.89 bits per heavy atom. The summed E-state index contributed by atoms with van der Waals surface area (Å²) in [5, 5.41) is 4.31. The van der Waals surface area contributed by atoms with Gasteiger partial charge >= 0.3 is 0 Å². The van der Waals surface area contributed by atoms with Crippen molar-refractivity contribution in [3.8, 4) is 0 Å². The van der Waals surface area contributed by atoms with Crippen LogP contribution in [0.1, 0.15) is 19.4 Å². The van der Waals surface area contributed by atoms with E-state index in [1.807, 2.05) is 6.20 Å². The van der Waals surface area contributed by atoms with Gasteiger partial charge in [-0.3, -0.25) is 0 Å². The molecule has 0 amide bonds. The summed E-state index contributed by atoms with van der Waals surface area (Å²) >= 11 is 5.23. The molecule has 0 aliphatic heterocycles. The molecule has 2 N–H and O–H groups in total. The molecule has 0 bridgehead atoms. The third-order valence-corrected chi connectivity index (χ3v) is 4.30. The molecule has 0 unspecified atom stereocenters. The summed E-state index contributed by atoms with van der Waals surface area (Å²) in [5.41, 5.74) is 1.28. The van der Waals surface area contributed by atoms with Crippen LogP contribution in [0.4, 0.5) is 0 Å². The Labute approximate surface area is 120 Å². The lowest BCUT2D eigenvalue weighted by atomic mass is 10.2. The first-order valence-electron chi connectivity index (χ1n) is 5.84. The number of hydrogen-bond donors (Lipinski definition) is 2. The predicted octanol–water partition coefficient (Wildman–Crippen LogP) is 3.82. The molecule has 0 spiro atoms. The fourth-order valence-electron chi connectivity index (χ4n) is 1.47. The van der Waals surface area contributed by atoms with Crippen LogP contribution in [0.2, 0.25) is 0 Å². The Morgan fingerprint density at radius 2 is 2.28 bits per heavy atom. The van der Waals surface area contributed by atoms with E-state index in [0.29, 0.717) is 6.04 Å². The monoisotopic (exact) mass is 325 g/mol. The Hall–Kier alpha value is -0.780. The fraction of sp³-hybridized carbons (Fsp3) is 0.308. The average Bonchev–Trinajstić information content (AvgIpc) is 2.82. The van der Waals surface area contributed by atoms with Crippen molar-refractivity contribution in [3.63, 3.8) is 0 Å². The number of aromatic nitrogens is 2. The van der Waals surface area contributed by atoms with Crippen molar-refractivity contribution in [2.45, 2.75) is 36.5 Å². The van der Waals surface area contributed by atoms with Gasteiger partial charge in [-0.2, -0.15) is 0 Å². The summed E-state index contributed by atoms with van der Waals surface area (Å²) in [5.74, 6) is 0. The maximum Gasteiger partial charge on any atom is 0.170 e. The molecule has 0 atom stereocenters. The summed E-state index contributed by atoms with van der Waals surface area (Å²) in [6.45, 7) is 5.19. The standard InChI is InChI=1S/C13H16BrN3S/c1-9(2)17-8-10-3-4-12(11(14)7-10)18-13-15-5-6-16-13/h3-7,9,17H,8H2,1-2H3,(H,15,16). The molecule has 1 heterocycles. The minimum Gasteiger partial charge on any atom is -0.339 e. The zero-order valence-electron chi connectivity index (χ0n) is 10.4. The van der Waals surface area contributed by atoms with Crippen LogP contribution in [-0.2, 0) is 6.54 Å². The van der Waals surface area contributed by atoms with Gasteiger partial charge in [0.15, 0.2) is 5.16 Å². The minimum atomic E-state index is 0.501. The van der Waals surface area contributed by atoms with Gasteiger partial charge in [-0.05, 0) is 33.6 Å². The van der Waals surface area contributed by atoms with E-state index >= 15 is 0 Å². The van der Waals surface area contributed by atoms with Gasteiger partial charge in [-0.25, -0.2) is 4.98 Å². The largest absolute Gasteiger partial charge is 0.339 e. The Bertz CT molecular complexity index is 497. The molecule has 0 aliphatic rings. The van der Waals surface area contributed by atoms with Crippen molar-refractivity contribution in [3.05, 3.63) is 40.6 Å². The van der Waals surface area contributed by atoms with Gasteiger partial charge in [-0.15, -0.1) is 0 Å². The number of benzene rings is 1. The molecule has 5 heteroatoms. The van der Waals surface area contributed by atoms with Gasteiger partial charge in [0.1, 0.15) is 0 Å². The summed E-state index contributed by atoms with van der Waals surface area (Å²) in [6, 6.07) is 6.92. The molecule has 3 nitrogen and oxygen atoms in total. The molecular weight excluding hydrogens is 310 g/mol. The van der Waals surface area contributed by atoms with E-state index in [9.17, 15) is 0 Å². The second kappa shape index (κ2) is 6.41. The lowest BCUT2D eigenvalue weighted by molar-refractivity contribution is 0.588. The first-order chi connectivity index (χ1) is 8.65. The number of halogens is 1. The molecule has 0 aliphatic carbocycles. The zero-order valence-corrected chi connectivity index (χ0v) is 12.8. The maximum atomic E-state index is 4.21. The molecule has 2 rings (SSSR count). The van der Waals surface area contributed by atoms with Crippen molar-refractivity contribution in [1.29, 1.82) is 0 Å². The van der Waals surface area contributed by atoms with Crippen LogP contribution in [0, 0.1) is 0 Å². The van der Waals surface area contributed by atoms with Crippen LogP contribution in [0.25, 0.3) is 0 Å². The molecule has 1 aromatic carbocycles. The number of nitrogens with zero attached hydrogens (tertiary/aromatic N) is 1. The molecule has 0 fully saturated rings.